The fourth-order valence-electron chi connectivity index (χ4n) is 3.70. The summed E-state index contributed by atoms with van der Waals surface area (Å²) in [5.74, 6) is 1.04. The first-order valence-electron chi connectivity index (χ1n) is 10.0. The molecule has 0 aliphatic carbocycles. The minimum Gasteiger partial charge on any atom is -0.454 e. The van der Waals surface area contributed by atoms with E-state index in [1.54, 1.807) is 29.2 Å². The standard InChI is InChI=1S/C22H22ClN3O4S/c1-2-25-21(28)17(12-20(27)24-16-6-4-15(23)5-7-16)26(22(25)31)10-9-14-3-8-18-19(11-14)30-13-29-18/h3-8,11,17H,2,9-10,12-13H2,1H3,(H,24,27). The second-order valence-corrected chi connectivity index (χ2v) is 8.07. The van der Waals surface area contributed by atoms with E-state index in [9.17, 15) is 9.59 Å². The fraction of sp³-hybridized carbons (Fsp3) is 0.318. The third-order valence-corrected chi connectivity index (χ3v) is 6.01. The van der Waals surface area contributed by atoms with Gasteiger partial charge in [-0.15, -0.1) is 0 Å². The summed E-state index contributed by atoms with van der Waals surface area (Å²) in [6.45, 7) is 3.07. The lowest BCUT2D eigenvalue weighted by Gasteiger charge is -2.23. The minimum absolute atomic E-state index is 0.0131. The highest BCUT2D eigenvalue weighted by Crippen LogP contribution is 2.33. The number of carbonyl (C=O) groups is 2. The van der Waals surface area contributed by atoms with E-state index in [1.807, 2.05) is 30.0 Å². The van der Waals surface area contributed by atoms with Gasteiger partial charge < -0.3 is 19.7 Å². The number of carbonyl (C=O) groups excluding carboxylic acids is 2. The van der Waals surface area contributed by atoms with Crippen molar-refractivity contribution in [2.75, 3.05) is 25.2 Å². The summed E-state index contributed by atoms with van der Waals surface area (Å²) in [4.78, 5) is 28.9. The average molecular weight is 460 g/mol. The van der Waals surface area contributed by atoms with Gasteiger partial charge >= 0.3 is 0 Å². The van der Waals surface area contributed by atoms with Gasteiger partial charge in [-0.05, 0) is 67.5 Å². The zero-order chi connectivity index (χ0) is 22.0. The molecule has 4 rings (SSSR count). The van der Waals surface area contributed by atoms with Crippen LogP contribution in [0.2, 0.25) is 5.02 Å². The monoisotopic (exact) mass is 459 g/mol. The molecule has 0 saturated carbocycles. The van der Waals surface area contributed by atoms with Gasteiger partial charge in [0, 0.05) is 23.8 Å². The van der Waals surface area contributed by atoms with Gasteiger partial charge in [0.1, 0.15) is 6.04 Å². The van der Waals surface area contributed by atoms with E-state index < -0.39 is 6.04 Å². The molecule has 2 aromatic carbocycles. The quantitative estimate of drug-likeness (QED) is 0.639. The van der Waals surface area contributed by atoms with Crippen molar-refractivity contribution in [2.45, 2.75) is 25.8 Å². The lowest BCUT2D eigenvalue weighted by Crippen LogP contribution is -2.39. The Morgan fingerprint density at radius 1 is 1.19 bits per heavy atom. The number of nitrogens with zero attached hydrogens (tertiary/aromatic N) is 2. The van der Waals surface area contributed by atoms with Crippen LogP contribution in [0.25, 0.3) is 0 Å². The van der Waals surface area contributed by atoms with Crippen LogP contribution < -0.4 is 14.8 Å². The predicted molar refractivity (Wildman–Crippen MR) is 121 cm³/mol. The zero-order valence-corrected chi connectivity index (χ0v) is 18.5. The van der Waals surface area contributed by atoms with Crippen molar-refractivity contribution in [2.24, 2.45) is 0 Å². The highest BCUT2D eigenvalue weighted by Gasteiger charge is 2.42. The van der Waals surface area contributed by atoms with Crippen molar-refractivity contribution < 1.29 is 19.1 Å². The molecule has 2 aromatic rings. The number of benzene rings is 2. The topological polar surface area (TPSA) is 71.1 Å². The first-order chi connectivity index (χ1) is 15.0. The normalized spacial score (nSPS) is 17.4. The maximum atomic E-state index is 12.9. The predicted octanol–water partition coefficient (Wildman–Crippen LogP) is 3.46. The lowest BCUT2D eigenvalue weighted by molar-refractivity contribution is -0.130. The number of amides is 2. The van der Waals surface area contributed by atoms with E-state index in [2.05, 4.69) is 5.32 Å². The largest absolute Gasteiger partial charge is 0.454 e. The lowest BCUT2D eigenvalue weighted by atomic mass is 10.1. The summed E-state index contributed by atoms with van der Waals surface area (Å²) in [6, 6.07) is 12.0. The summed E-state index contributed by atoms with van der Waals surface area (Å²) >= 11 is 11.4. The number of thiocarbonyl (C=S) groups is 1. The van der Waals surface area contributed by atoms with Gasteiger partial charge in [0.2, 0.25) is 12.7 Å². The van der Waals surface area contributed by atoms with Crippen molar-refractivity contribution >= 4 is 46.4 Å². The van der Waals surface area contributed by atoms with Crippen LogP contribution in [-0.2, 0) is 16.0 Å². The Morgan fingerprint density at radius 3 is 2.68 bits per heavy atom. The number of ether oxygens (including phenoxy) is 2. The van der Waals surface area contributed by atoms with Gasteiger partial charge in [-0.1, -0.05) is 17.7 Å². The van der Waals surface area contributed by atoms with Gasteiger partial charge in [0.25, 0.3) is 5.91 Å². The van der Waals surface area contributed by atoms with Crippen LogP contribution in [0.1, 0.15) is 18.9 Å². The molecule has 1 N–H and O–H groups in total. The number of hydrogen-bond donors (Lipinski definition) is 1. The Bertz CT molecular complexity index is 1010. The van der Waals surface area contributed by atoms with Crippen LogP contribution in [0.4, 0.5) is 5.69 Å². The number of halogens is 1. The van der Waals surface area contributed by atoms with Crippen LogP contribution in [0.3, 0.4) is 0 Å². The molecule has 162 valence electrons. The Labute approximate surface area is 190 Å². The number of likely N-dealkylation sites (N-methyl/N-ethyl adjacent to an activating group) is 1. The molecule has 2 heterocycles. The number of hydrogen-bond acceptors (Lipinski definition) is 5. The molecule has 2 aliphatic heterocycles. The first kappa shape index (κ1) is 21.4. The van der Waals surface area contributed by atoms with E-state index >= 15 is 0 Å². The van der Waals surface area contributed by atoms with E-state index in [0.717, 1.165) is 11.3 Å². The van der Waals surface area contributed by atoms with Gasteiger partial charge in [-0.2, -0.15) is 0 Å². The smallest absolute Gasteiger partial charge is 0.252 e. The third kappa shape index (κ3) is 4.60. The van der Waals surface area contributed by atoms with Crippen molar-refractivity contribution in [3.05, 3.63) is 53.1 Å². The van der Waals surface area contributed by atoms with Crippen molar-refractivity contribution in [1.29, 1.82) is 0 Å². The van der Waals surface area contributed by atoms with Gasteiger partial charge in [0.05, 0.1) is 6.42 Å². The second-order valence-electron chi connectivity index (χ2n) is 7.27. The van der Waals surface area contributed by atoms with Crippen molar-refractivity contribution in [1.82, 2.24) is 9.80 Å². The van der Waals surface area contributed by atoms with Crippen molar-refractivity contribution in [3.8, 4) is 11.5 Å². The molecule has 2 aliphatic rings. The Kier molecular flexibility index (Phi) is 6.29. The Morgan fingerprint density at radius 2 is 1.94 bits per heavy atom. The molecule has 1 atom stereocenters. The molecule has 31 heavy (non-hydrogen) atoms. The van der Waals surface area contributed by atoms with Crippen LogP contribution in [0.5, 0.6) is 11.5 Å². The van der Waals surface area contributed by atoms with Crippen LogP contribution >= 0.6 is 23.8 Å². The highest BCUT2D eigenvalue weighted by molar-refractivity contribution is 7.80. The molecule has 1 fully saturated rings. The van der Waals surface area contributed by atoms with E-state index in [-0.39, 0.29) is 25.0 Å². The summed E-state index contributed by atoms with van der Waals surface area (Å²) in [5.41, 5.74) is 1.67. The molecular weight excluding hydrogens is 438 g/mol. The van der Waals surface area contributed by atoms with Gasteiger partial charge in [0.15, 0.2) is 16.6 Å². The fourth-order valence-corrected chi connectivity index (χ4v) is 4.27. The summed E-state index contributed by atoms with van der Waals surface area (Å²) in [5, 5.41) is 3.86. The zero-order valence-electron chi connectivity index (χ0n) is 17.0. The summed E-state index contributed by atoms with van der Waals surface area (Å²) in [6.07, 6.45) is 0.663. The van der Waals surface area contributed by atoms with Crippen LogP contribution in [0, 0.1) is 0 Å². The molecule has 0 radical (unpaired) electrons. The number of nitrogens with one attached hydrogen (secondary N) is 1. The van der Waals surface area contributed by atoms with Gasteiger partial charge in [-0.3, -0.25) is 14.5 Å². The maximum Gasteiger partial charge on any atom is 0.252 e. The van der Waals surface area contributed by atoms with E-state index in [1.165, 1.54) is 0 Å². The number of anilines is 1. The second kappa shape index (κ2) is 9.11. The molecule has 9 heteroatoms. The molecule has 2 amide bonds. The third-order valence-electron chi connectivity index (χ3n) is 5.31. The molecule has 0 aromatic heterocycles. The average Bonchev–Trinajstić information content (AvgIpc) is 3.30. The minimum atomic E-state index is -0.631. The SMILES string of the molecule is CCN1C(=O)C(CC(=O)Nc2ccc(Cl)cc2)N(CCc2ccc3c(c2)OCO3)C1=S. The molecule has 0 spiro atoms. The van der Waals surface area contributed by atoms with E-state index in [4.69, 9.17) is 33.3 Å². The number of rotatable bonds is 7. The Balaban J connectivity index is 1.44. The molecular formula is C22H22ClN3O4S. The summed E-state index contributed by atoms with van der Waals surface area (Å²) in [7, 11) is 0. The van der Waals surface area contributed by atoms with E-state index in [0.29, 0.717) is 41.1 Å². The van der Waals surface area contributed by atoms with Crippen LogP contribution in [0.15, 0.2) is 42.5 Å². The summed E-state index contributed by atoms with van der Waals surface area (Å²) < 4.78 is 10.8. The Hall–Kier alpha value is -2.84. The maximum absolute atomic E-state index is 12.9. The molecule has 7 nitrogen and oxygen atoms in total. The van der Waals surface area contributed by atoms with Gasteiger partial charge in [-0.25, -0.2) is 0 Å². The van der Waals surface area contributed by atoms with Crippen LogP contribution in [-0.4, -0.2) is 52.7 Å². The molecule has 0 bridgehead atoms. The van der Waals surface area contributed by atoms with Crippen molar-refractivity contribution in [3.63, 3.8) is 0 Å². The number of fused-ring (bicyclic) bond motifs is 1. The molecule has 1 unspecified atom stereocenters. The molecule has 1 saturated heterocycles. The first-order valence-corrected chi connectivity index (χ1v) is 10.8. The highest BCUT2D eigenvalue weighted by atomic mass is 35.5.